The first-order valence-corrected chi connectivity index (χ1v) is 5.32. The highest BCUT2D eigenvalue weighted by atomic mass is 35.5. The van der Waals surface area contributed by atoms with Crippen molar-refractivity contribution in [3.05, 3.63) is 29.3 Å². The van der Waals surface area contributed by atoms with Crippen molar-refractivity contribution >= 4 is 23.3 Å². The van der Waals surface area contributed by atoms with Crippen molar-refractivity contribution in [3.63, 3.8) is 0 Å². The van der Waals surface area contributed by atoms with E-state index in [4.69, 9.17) is 11.6 Å². The second-order valence-corrected chi connectivity index (χ2v) is 3.85. The molecule has 1 aromatic carbocycles. The molecule has 0 heterocycles. The first-order chi connectivity index (χ1) is 7.11. The molecule has 0 radical (unpaired) electrons. The van der Waals surface area contributed by atoms with Gasteiger partial charge in [0.2, 0.25) is 0 Å². The quantitative estimate of drug-likeness (QED) is 0.816. The summed E-state index contributed by atoms with van der Waals surface area (Å²) in [7, 11) is 0. The Morgan fingerprint density at radius 2 is 2.27 bits per heavy atom. The zero-order valence-electron chi connectivity index (χ0n) is 8.88. The Balaban J connectivity index is 2.51. The molecule has 1 atom stereocenters. The van der Waals surface area contributed by atoms with Crippen LogP contribution in [0.5, 0.6) is 0 Å². The molecule has 0 aromatic heterocycles. The smallest absolute Gasteiger partial charge is 0.319 e. The lowest BCUT2D eigenvalue weighted by Gasteiger charge is -2.12. The van der Waals surface area contributed by atoms with Crippen LogP contribution in [-0.4, -0.2) is 12.1 Å². The van der Waals surface area contributed by atoms with Gasteiger partial charge >= 0.3 is 6.03 Å². The second-order valence-electron chi connectivity index (χ2n) is 3.42. The first-order valence-electron chi connectivity index (χ1n) is 4.95. The number of halogens is 1. The molecule has 0 bridgehead atoms. The standard InChI is InChI=1S/C11H15ClN2O/c1-3-8(2)13-11(15)14-10-6-4-5-9(12)7-10/h4-8H,3H2,1-2H3,(H2,13,14,15)/t8-/m0/s1. The number of rotatable bonds is 3. The predicted molar refractivity (Wildman–Crippen MR) is 63.4 cm³/mol. The number of carbonyl (C=O) groups is 1. The topological polar surface area (TPSA) is 41.1 Å². The molecule has 2 amide bonds. The van der Waals surface area contributed by atoms with Gasteiger partial charge in [-0.25, -0.2) is 4.79 Å². The zero-order valence-corrected chi connectivity index (χ0v) is 9.64. The monoisotopic (exact) mass is 226 g/mol. The van der Waals surface area contributed by atoms with Gasteiger partial charge in [0, 0.05) is 16.8 Å². The van der Waals surface area contributed by atoms with Crippen LogP contribution in [0, 0.1) is 0 Å². The third-order valence-corrected chi connectivity index (χ3v) is 2.31. The molecular weight excluding hydrogens is 212 g/mol. The minimum atomic E-state index is -0.202. The van der Waals surface area contributed by atoms with Crippen molar-refractivity contribution in [2.45, 2.75) is 26.3 Å². The molecule has 82 valence electrons. The summed E-state index contributed by atoms with van der Waals surface area (Å²) in [5.41, 5.74) is 0.698. The summed E-state index contributed by atoms with van der Waals surface area (Å²) in [5.74, 6) is 0. The van der Waals surface area contributed by atoms with Crippen molar-refractivity contribution in [1.29, 1.82) is 0 Å². The Hall–Kier alpha value is -1.22. The lowest BCUT2D eigenvalue weighted by Crippen LogP contribution is -2.35. The summed E-state index contributed by atoms with van der Waals surface area (Å²) in [4.78, 5) is 11.4. The van der Waals surface area contributed by atoms with Gasteiger partial charge in [0.1, 0.15) is 0 Å². The Labute approximate surface area is 94.8 Å². The molecule has 2 N–H and O–H groups in total. The van der Waals surface area contributed by atoms with E-state index in [1.54, 1.807) is 24.3 Å². The molecule has 0 aliphatic heterocycles. The molecule has 0 aliphatic carbocycles. The van der Waals surface area contributed by atoms with Gasteiger partial charge in [0.25, 0.3) is 0 Å². The molecule has 0 fully saturated rings. The highest BCUT2D eigenvalue weighted by Crippen LogP contribution is 2.14. The fourth-order valence-electron chi connectivity index (χ4n) is 1.06. The van der Waals surface area contributed by atoms with E-state index < -0.39 is 0 Å². The molecule has 0 saturated heterocycles. The molecule has 0 spiro atoms. The van der Waals surface area contributed by atoms with E-state index in [1.165, 1.54) is 0 Å². The van der Waals surface area contributed by atoms with Crippen LogP contribution in [0.25, 0.3) is 0 Å². The molecule has 15 heavy (non-hydrogen) atoms. The third-order valence-electron chi connectivity index (χ3n) is 2.07. The number of nitrogens with one attached hydrogen (secondary N) is 2. The lowest BCUT2D eigenvalue weighted by atomic mass is 10.3. The fraction of sp³-hybridized carbons (Fsp3) is 0.364. The molecule has 1 aromatic rings. The van der Waals surface area contributed by atoms with Crippen LogP contribution in [0.4, 0.5) is 10.5 Å². The van der Waals surface area contributed by atoms with Gasteiger partial charge in [-0.05, 0) is 31.5 Å². The number of amides is 2. The number of carbonyl (C=O) groups excluding carboxylic acids is 1. The van der Waals surface area contributed by atoms with Gasteiger partial charge in [-0.3, -0.25) is 0 Å². The van der Waals surface area contributed by atoms with Gasteiger partial charge in [0.15, 0.2) is 0 Å². The van der Waals surface area contributed by atoms with Crippen LogP contribution in [0.3, 0.4) is 0 Å². The van der Waals surface area contributed by atoms with Crippen LogP contribution >= 0.6 is 11.6 Å². The van der Waals surface area contributed by atoms with Crippen molar-refractivity contribution in [2.24, 2.45) is 0 Å². The van der Waals surface area contributed by atoms with Gasteiger partial charge in [-0.2, -0.15) is 0 Å². The predicted octanol–water partition coefficient (Wildman–Crippen LogP) is 3.26. The summed E-state index contributed by atoms with van der Waals surface area (Å²) in [6, 6.07) is 7.02. The molecule has 0 aliphatic rings. The molecular formula is C11H15ClN2O. The van der Waals surface area contributed by atoms with Gasteiger partial charge in [0.05, 0.1) is 0 Å². The molecule has 0 unspecified atom stereocenters. The van der Waals surface area contributed by atoms with Crippen LogP contribution in [0.15, 0.2) is 24.3 Å². The van der Waals surface area contributed by atoms with Crippen molar-refractivity contribution in [2.75, 3.05) is 5.32 Å². The van der Waals surface area contributed by atoms with E-state index in [9.17, 15) is 4.79 Å². The van der Waals surface area contributed by atoms with Crippen molar-refractivity contribution in [1.82, 2.24) is 5.32 Å². The van der Waals surface area contributed by atoms with E-state index in [1.807, 2.05) is 13.8 Å². The summed E-state index contributed by atoms with van der Waals surface area (Å²) in [6.45, 7) is 3.97. The Bertz CT molecular complexity index is 341. The van der Waals surface area contributed by atoms with Gasteiger partial charge in [-0.15, -0.1) is 0 Å². The Morgan fingerprint density at radius 3 is 2.87 bits per heavy atom. The first kappa shape index (κ1) is 11.9. The number of anilines is 1. The van der Waals surface area contributed by atoms with E-state index in [-0.39, 0.29) is 12.1 Å². The second kappa shape index (κ2) is 5.61. The number of urea groups is 1. The Kier molecular flexibility index (Phi) is 4.43. The maximum Gasteiger partial charge on any atom is 0.319 e. The van der Waals surface area contributed by atoms with E-state index in [0.717, 1.165) is 6.42 Å². The van der Waals surface area contributed by atoms with E-state index in [0.29, 0.717) is 10.7 Å². The van der Waals surface area contributed by atoms with E-state index >= 15 is 0 Å². The van der Waals surface area contributed by atoms with E-state index in [2.05, 4.69) is 10.6 Å². The minimum Gasteiger partial charge on any atom is -0.335 e. The van der Waals surface area contributed by atoms with Crippen LogP contribution in [-0.2, 0) is 0 Å². The number of hydrogen-bond acceptors (Lipinski definition) is 1. The lowest BCUT2D eigenvalue weighted by molar-refractivity contribution is 0.249. The van der Waals surface area contributed by atoms with Crippen LogP contribution in [0.1, 0.15) is 20.3 Å². The third kappa shape index (κ3) is 4.21. The fourth-order valence-corrected chi connectivity index (χ4v) is 1.25. The van der Waals surface area contributed by atoms with Crippen LogP contribution < -0.4 is 10.6 Å². The summed E-state index contributed by atoms with van der Waals surface area (Å²) in [6.07, 6.45) is 0.906. The van der Waals surface area contributed by atoms with Crippen molar-refractivity contribution in [3.8, 4) is 0 Å². The zero-order chi connectivity index (χ0) is 11.3. The summed E-state index contributed by atoms with van der Waals surface area (Å²) >= 11 is 5.79. The highest BCUT2D eigenvalue weighted by Gasteiger charge is 2.04. The Morgan fingerprint density at radius 1 is 1.53 bits per heavy atom. The summed E-state index contributed by atoms with van der Waals surface area (Å²) < 4.78 is 0. The van der Waals surface area contributed by atoms with Crippen LogP contribution in [0.2, 0.25) is 5.02 Å². The largest absolute Gasteiger partial charge is 0.335 e. The molecule has 3 nitrogen and oxygen atoms in total. The van der Waals surface area contributed by atoms with Gasteiger partial charge < -0.3 is 10.6 Å². The number of hydrogen-bond donors (Lipinski definition) is 2. The SMILES string of the molecule is CC[C@H](C)NC(=O)Nc1cccc(Cl)c1. The summed E-state index contributed by atoms with van der Waals surface area (Å²) in [5, 5.41) is 6.13. The maximum atomic E-state index is 11.4. The molecule has 4 heteroatoms. The van der Waals surface area contributed by atoms with Crippen molar-refractivity contribution < 1.29 is 4.79 Å². The maximum absolute atomic E-state index is 11.4. The average Bonchev–Trinajstić information content (AvgIpc) is 2.17. The molecule has 1 rings (SSSR count). The number of benzene rings is 1. The normalized spacial score (nSPS) is 11.9. The average molecular weight is 227 g/mol. The molecule has 0 saturated carbocycles. The highest BCUT2D eigenvalue weighted by molar-refractivity contribution is 6.30. The van der Waals surface area contributed by atoms with Gasteiger partial charge in [-0.1, -0.05) is 24.6 Å². The minimum absolute atomic E-state index is 0.171.